The number of methoxy groups -OCH3 is 1. The van der Waals surface area contributed by atoms with Crippen LogP contribution in [0.15, 0.2) is 48.5 Å². The van der Waals surface area contributed by atoms with Crippen molar-refractivity contribution in [3.63, 3.8) is 0 Å². The highest BCUT2D eigenvalue weighted by molar-refractivity contribution is 6.06. The van der Waals surface area contributed by atoms with Crippen LogP contribution in [-0.2, 0) is 0 Å². The number of aromatic amines is 1. The van der Waals surface area contributed by atoms with E-state index < -0.39 is 0 Å². The number of hydrogen-bond donors (Lipinski definition) is 2. The Morgan fingerprint density at radius 2 is 1.95 bits per heavy atom. The topological polar surface area (TPSA) is 54.1 Å². The monoisotopic (exact) mass is 280 g/mol. The Morgan fingerprint density at radius 1 is 1.14 bits per heavy atom. The number of carbonyl (C=O) groups is 1. The number of hydrogen-bond acceptors (Lipinski definition) is 2. The Morgan fingerprint density at radius 3 is 2.76 bits per heavy atom. The third kappa shape index (κ3) is 2.60. The zero-order valence-electron chi connectivity index (χ0n) is 11.9. The molecule has 0 aliphatic rings. The summed E-state index contributed by atoms with van der Waals surface area (Å²) in [5.74, 6) is 0.490. The molecule has 0 unspecified atom stereocenters. The zero-order chi connectivity index (χ0) is 14.8. The first-order chi connectivity index (χ1) is 10.2. The summed E-state index contributed by atoms with van der Waals surface area (Å²) in [6.45, 7) is 1.99. The molecule has 4 nitrogen and oxygen atoms in total. The van der Waals surface area contributed by atoms with Crippen molar-refractivity contribution in [3.05, 3.63) is 59.8 Å². The maximum absolute atomic E-state index is 12.4. The summed E-state index contributed by atoms with van der Waals surface area (Å²) in [7, 11) is 1.58. The second kappa shape index (κ2) is 5.32. The zero-order valence-corrected chi connectivity index (χ0v) is 11.9. The predicted molar refractivity (Wildman–Crippen MR) is 84.0 cm³/mol. The highest BCUT2D eigenvalue weighted by atomic mass is 16.5. The van der Waals surface area contributed by atoms with Gasteiger partial charge in [0.25, 0.3) is 5.91 Å². The van der Waals surface area contributed by atoms with Crippen LogP contribution < -0.4 is 10.1 Å². The second-order valence-electron chi connectivity index (χ2n) is 4.91. The van der Waals surface area contributed by atoms with Crippen molar-refractivity contribution in [1.29, 1.82) is 0 Å². The Bertz CT molecular complexity index is 805. The van der Waals surface area contributed by atoms with Gasteiger partial charge in [-0.25, -0.2) is 0 Å². The highest BCUT2D eigenvalue weighted by Crippen LogP contribution is 2.24. The molecule has 0 bridgehead atoms. The van der Waals surface area contributed by atoms with E-state index >= 15 is 0 Å². The van der Waals surface area contributed by atoms with Gasteiger partial charge >= 0.3 is 0 Å². The van der Waals surface area contributed by atoms with Gasteiger partial charge in [-0.15, -0.1) is 0 Å². The molecule has 21 heavy (non-hydrogen) atoms. The molecule has 1 aromatic heterocycles. The van der Waals surface area contributed by atoms with Crippen molar-refractivity contribution >= 4 is 22.5 Å². The molecule has 106 valence electrons. The molecule has 1 amide bonds. The average molecular weight is 280 g/mol. The first kappa shape index (κ1) is 13.2. The lowest BCUT2D eigenvalue weighted by molar-refractivity contribution is 0.102. The number of carbonyl (C=O) groups excluding carboxylic acids is 1. The van der Waals surface area contributed by atoms with E-state index in [2.05, 4.69) is 10.3 Å². The van der Waals surface area contributed by atoms with Crippen molar-refractivity contribution in [2.45, 2.75) is 6.92 Å². The largest absolute Gasteiger partial charge is 0.495 e. The molecule has 0 spiro atoms. The van der Waals surface area contributed by atoms with Crippen molar-refractivity contribution < 1.29 is 9.53 Å². The third-order valence-electron chi connectivity index (χ3n) is 3.37. The lowest BCUT2D eigenvalue weighted by Crippen LogP contribution is -2.12. The molecule has 0 saturated carbocycles. The highest BCUT2D eigenvalue weighted by Gasteiger charge is 2.10. The molecule has 0 aliphatic heterocycles. The Kier molecular flexibility index (Phi) is 3.36. The number of rotatable bonds is 3. The molecule has 0 aliphatic carbocycles. The number of para-hydroxylation sites is 2. The average Bonchev–Trinajstić information content (AvgIpc) is 2.86. The first-order valence-electron chi connectivity index (χ1n) is 6.71. The lowest BCUT2D eigenvalue weighted by atomic mass is 10.1. The molecule has 1 heterocycles. The summed E-state index contributed by atoms with van der Waals surface area (Å²) in [5.41, 5.74) is 3.39. The van der Waals surface area contributed by atoms with Gasteiger partial charge in [-0.05, 0) is 43.3 Å². The van der Waals surface area contributed by atoms with Gasteiger partial charge in [0.1, 0.15) is 5.75 Å². The number of ether oxygens (including phenoxy) is 1. The van der Waals surface area contributed by atoms with Crippen LogP contribution in [0.3, 0.4) is 0 Å². The molecule has 2 N–H and O–H groups in total. The van der Waals surface area contributed by atoms with E-state index in [-0.39, 0.29) is 5.91 Å². The summed E-state index contributed by atoms with van der Waals surface area (Å²) < 4.78 is 5.24. The molecule has 0 atom stereocenters. The van der Waals surface area contributed by atoms with Crippen LogP contribution in [0.25, 0.3) is 10.9 Å². The quantitative estimate of drug-likeness (QED) is 0.768. The van der Waals surface area contributed by atoms with Gasteiger partial charge in [-0.1, -0.05) is 12.1 Å². The predicted octanol–water partition coefficient (Wildman–Crippen LogP) is 3.74. The van der Waals surface area contributed by atoms with Crippen molar-refractivity contribution in [1.82, 2.24) is 4.98 Å². The van der Waals surface area contributed by atoms with Crippen molar-refractivity contribution in [2.75, 3.05) is 12.4 Å². The van der Waals surface area contributed by atoms with E-state index in [1.54, 1.807) is 7.11 Å². The number of fused-ring (bicyclic) bond motifs is 1. The number of aryl methyl sites for hydroxylation is 1. The van der Waals surface area contributed by atoms with E-state index in [1.165, 1.54) is 0 Å². The Balaban J connectivity index is 1.89. The number of amides is 1. The smallest absolute Gasteiger partial charge is 0.255 e. The van der Waals surface area contributed by atoms with Gasteiger partial charge in [-0.2, -0.15) is 0 Å². The number of aromatic nitrogens is 1. The molecule has 0 saturated heterocycles. The van der Waals surface area contributed by atoms with Crippen LogP contribution in [0.2, 0.25) is 0 Å². The Hall–Kier alpha value is -2.75. The fourth-order valence-electron chi connectivity index (χ4n) is 2.36. The summed E-state index contributed by atoms with van der Waals surface area (Å²) in [6.07, 6.45) is 0. The SMILES string of the molecule is COc1ccccc1NC(=O)c1ccc2[nH]c(C)cc2c1. The number of anilines is 1. The molecule has 3 rings (SSSR count). The maximum atomic E-state index is 12.4. The van der Waals surface area contributed by atoms with Crippen LogP contribution in [0.5, 0.6) is 5.75 Å². The van der Waals surface area contributed by atoms with Gasteiger partial charge in [0.2, 0.25) is 0 Å². The molecule has 3 aromatic rings. The van der Waals surface area contributed by atoms with Crippen LogP contribution in [0, 0.1) is 6.92 Å². The standard InChI is InChI=1S/C17H16N2O2/c1-11-9-13-10-12(7-8-14(13)18-11)17(20)19-15-5-3-4-6-16(15)21-2/h3-10,18H,1-2H3,(H,19,20). The molecule has 0 fully saturated rings. The first-order valence-corrected chi connectivity index (χ1v) is 6.71. The van der Waals surface area contributed by atoms with Crippen molar-refractivity contribution in [2.24, 2.45) is 0 Å². The van der Waals surface area contributed by atoms with Crippen molar-refractivity contribution in [3.8, 4) is 5.75 Å². The summed E-state index contributed by atoms with van der Waals surface area (Å²) in [5, 5.41) is 3.90. The fraction of sp³-hybridized carbons (Fsp3) is 0.118. The molecular weight excluding hydrogens is 264 g/mol. The van der Waals surface area contributed by atoms with Gasteiger partial charge < -0.3 is 15.0 Å². The van der Waals surface area contributed by atoms with E-state index in [9.17, 15) is 4.79 Å². The summed E-state index contributed by atoms with van der Waals surface area (Å²) in [4.78, 5) is 15.6. The minimum absolute atomic E-state index is 0.153. The van der Waals surface area contributed by atoms with E-state index in [4.69, 9.17) is 4.74 Å². The van der Waals surface area contributed by atoms with E-state index in [1.807, 2.05) is 55.5 Å². The normalized spacial score (nSPS) is 10.6. The second-order valence-corrected chi connectivity index (χ2v) is 4.91. The third-order valence-corrected chi connectivity index (χ3v) is 3.37. The number of H-pyrrole nitrogens is 1. The van der Waals surface area contributed by atoms with E-state index in [0.717, 1.165) is 16.6 Å². The number of benzene rings is 2. The van der Waals surface area contributed by atoms with E-state index in [0.29, 0.717) is 17.0 Å². The summed E-state index contributed by atoms with van der Waals surface area (Å²) >= 11 is 0. The minimum atomic E-state index is -0.153. The van der Waals surface area contributed by atoms with Crippen LogP contribution in [-0.4, -0.2) is 18.0 Å². The molecule has 4 heteroatoms. The number of nitrogens with one attached hydrogen (secondary N) is 2. The maximum Gasteiger partial charge on any atom is 0.255 e. The van der Waals surface area contributed by atoms with Crippen LogP contribution in [0.4, 0.5) is 5.69 Å². The van der Waals surface area contributed by atoms with Gasteiger partial charge in [0.05, 0.1) is 12.8 Å². The lowest BCUT2D eigenvalue weighted by Gasteiger charge is -2.09. The van der Waals surface area contributed by atoms with Gasteiger partial charge in [0, 0.05) is 22.2 Å². The van der Waals surface area contributed by atoms with Crippen LogP contribution in [0.1, 0.15) is 16.1 Å². The van der Waals surface area contributed by atoms with Crippen LogP contribution >= 0.6 is 0 Å². The minimum Gasteiger partial charge on any atom is -0.495 e. The fourth-order valence-corrected chi connectivity index (χ4v) is 2.36. The van der Waals surface area contributed by atoms with Gasteiger partial charge in [-0.3, -0.25) is 4.79 Å². The Labute approximate surface area is 122 Å². The van der Waals surface area contributed by atoms with Gasteiger partial charge in [0.15, 0.2) is 0 Å². The molecular formula is C17H16N2O2. The molecule has 0 radical (unpaired) electrons. The molecule has 2 aromatic carbocycles. The summed E-state index contributed by atoms with van der Waals surface area (Å²) in [6, 6.07) is 15.0.